The van der Waals surface area contributed by atoms with Gasteiger partial charge in [-0.15, -0.1) is 0 Å². The Labute approximate surface area is 177 Å². The molecule has 1 heterocycles. The number of aromatic hydroxyl groups is 1. The van der Waals surface area contributed by atoms with Crippen molar-refractivity contribution in [1.82, 2.24) is 9.78 Å². The molecule has 0 fully saturated rings. The number of anilines is 1. The summed E-state index contributed by atoms with van der Waals surface area (Å²) in [7, 11) is 0. The van der Waals surface area contributed by atoms with E-state index in [0.717, 1.165) is 28.0 Å². The van der Waals surface area contributed by atoms with Crippen LogP contribution >= 0.6 is 22.6 Å². The number of amides is 2. The van der Waals surface area contributed by atoms with Crippen LogP contribution in [0.1, 0.15) is 11.3 Å². The van der Waals surface area contributed by atoms with Crippen LogP contribution in [0.5, 0.6) is 5.75 Å². The molecular formula is C18H14IN5O5. The first-order valence-electron chi connectivity index (χ1n) is 8.16. The molecule has 0 aliphatic heterocycles. The standard InChI is InChI=1S/C18H14IN5O5/c1-10-14(17(26)23(22-10)12-4-2-11(19)3-5-12)9-20-18(27)21-15-8-13(24(28)29)6-7-16(15)25/h2-9,22,25H,1H3,(H,21,27). The number of aliphatic imine (C=N–C) groups is 1. The molecule has 0 saturated carbocycles. The average Bonchev–Trinajstić information content (AvgIpc) is 2.96. The lowest BCUT2D eigenvalue weighted by Gasteiger charge is -2.04. The highest BCUT2D eigenvalue weighted by Crippen LogP contribution is 2.27. The predicted octanol–water partition coefficient (Wildman–Crippen LogP) is 3.34. The van der Waals surface area contributed by atoms with Gasteiger partial charge < -0.3 is 10.4 Å². The highest BCUT2D eigenvalue weighted by molar-refractivity contribution is 14.1. The van der Waals surface area contributed by atoms with Crippen molar-refractivity contribution in [3.8, 4) is 11.4 Å². The van der Waals surface area contributed by atoms with E-state index < -0.39 is 16.5 Å². The first-order chi connectivity index (χ1) is 13.8. The van der Waals surface area contributed by atoms with E-state index in [1.54, 1.807) is 19.1 Å². The maximum atomic E-state index is 12.6. The Balaban J connectivity index is 1.82. The molecule has 0 bridgehead atoms. The number of aromatic nitrogens is 2. The van der Waals surface area contributed by atoms with Crippen LogP contribution in [0.15, 0.2) is 52.3 Å². The highest BCUT2D eigenvalue weighted by atomic mass is 127. The van der Waals surface area contributed by atoms with Gasteiger partial charge in [-0.3, -0.25) is 20.0 Å². The van der Waals surface area contributed by atoms with Crippen LogP contribution in [0.4, 0.5) is 16.2 Å². The highest BCUT2D eigenvalue weighted by Gasteiger charge is 2.14. The van der Waals surface area contributed by atoms with Gasteiger partial charge in [-0.1, -0.05) is 0 Å². The third-order valence-electron chi connectivity index (χ3n) is 3.95. The molecule has 0 aliphatic rings. The SMILES string of the molecule is Cc1[nH]n(-c2ccc(I)cc2)c(=O)c1C=NC(=O)Nc1cc([N+](=O)[O-])ccc1O. The number of hydrogen-bond donors (Lipinski definition) is 3. The van der Waals surface area contributed by atoms with Crippen molar-refractivity contribution < 1.29 is 14.8 Å². The Bertz CT molecular complexity index is 1180. The molecule has 2 aromatic carbocycles. The maximum Gasteiger partial charge on any atom is 0.345 e. The number of hydrogen-bond acceptors (Lipinski definition) is 5. The zero-order valence-electron chi connectivity index (χ0n) is 14.9. The second-order valence-electron chi connectivity index (χ2n) is 5.91. The number of aromatic amines is 1. The number of rotatable bonds is 4. The second-order valence-corrected chi connectivity index (χ2v) is 7.16. The summed E-state index contributed by atoms with van der Waals surface area (Å²) in [5.41, 5.74) is 0.459. The van der Waals surface area contributed by atoms with E-state index in [2.05, 4.69) is 38.0 Å². The molecule has 11 heteroatoms. The van der Waals surface area contributed by atoms with Crippen molar-refractivity contribution in [2.75, 3.05) is 5.32 Å². The summed E-state index contributed by atoms with van der Waals surface area (Å²) < 4.78 is 2.35. The van der Waals surface area contributed by atoms with Crippen molar-refractivity contribution in [1.29, 1.82) is 0 Å². The number of urea groups is 1. The molecule has 0 unspecified atom stereocenters. The fourth-order valence-corrected chi connectivity index (χ4v) is 2.85. The Morgan fingerprint density at radius 1 is 1.31 bits per heavy atom. The molecule has 3 aromatic rings. The van der Waals surface area contributed by atoms with Gasteiger partial charge in [0.2, 0.25) is 0 Å². The van der Waals surface area contributed by atoms with Crippen LogP contribution in [0.2, 0.25) is 0 Å². The van der Waals surface area contributed by atoms with Gasteiger partial charge in [-0.25, -0.2) is 14.5 Å². The number of non-ortho nitro benzene ring substituents is 1. The summed E-state index contributed by atoms with van der Waals surface area (Å²) in [5.74, 6) is -0.349. The van der Waals surface area contributed by atoms with E-state index in [1.165, 1.54) is 4.68 Å². The summed E-state index contributed by atoms with van der Waals surface area (Å²) in [6.07, 6.45) is 1.10. The molecule has 29 heavy (non-hydrogen) atoms. The molecule has 0 atom stereocenters. The monoisotopic (exact) mass is 507 g/mol. The number of nitrogens with zero attached hydrogens (tertiary/aromatic N) is 3. The fourth-order valence-electron chi connectivity index (χ4n) is 2.49. The molecule has 10 nitrogen and oxygen atoms in total. The topological polar surface area (TPSA) is 143 Å². The first kappa shape index (κ1) is 20.3. The summed E-state index contributed by atoms with van der Waals surface area (Å²) in [6.45, 7) is 1.66. The van der Waals surface area contributed by atoms with Crippen LogP contribution in [0.3, 0.4) is 0 Å². The van der Waals surface area contributed by atoms with E-state index in [0.29, 0.717) is 11.4 Å². The molecule has 3 N–H and O–H groups in total. The van der Waals surface area contributed by atoms with Gasteiger partial charge in [0, 0.05) is 27.6 Å². The van der Waals surface area contributed by atoms with E-state index >= 15 is 0 Å². The fraction of sp³-hybridized carbons (Fsp3) is 0.0556. The number of phenolic OH excluding ortho intramolecular Hbond substituents is 1. The lowest BCUT2D eigenvalue weighted by Crippen LogP contribution is -2.17. The average molecular weight is 507 g/mol. The number of nitro benzene ring substituents is 1. The van der Waals surface area contributed by atoms with Gasteiger partial charge in [0.1, 0.15) is 5.75 Å². The Hall–Kier alpha value is -3.48. The van der Waals surface area contributed by atoms with E-state index in [-0.39, 0.29) is 22.7 Å². The number of carbonyl (C=O) groups excluding carboxylic acids is 1. The minimum Gasteiger partial charge on any atom is -0.506 e. The third-order valence-corrected chi connectivity index (χ3v) is 4.66. The van der Waals surface area contributed by atoms with Crippen LogP contribution < -0.4 is 10.9 Å². The Morgan fingerprint density at radius 3 is 2.66 bits per heavy atom. The smallest absolute Gasteiger partial charge is 0.345 e. The number of nitrogens with one attached hydrogen (secondary N) is 2. The van der Waals surface area contributed by atoms with Gasteiger partial charge >= 0.3 is 6.03 Å². The van der Waals surface area contributed by atoms with Crippen molar-refractivity contribution >= 4 is 46.2 Å². The quantitative estimate of drug-likeness (QED) is 0.163. The first-order valence-corrected chi connectivity index (χ1v) is 9.24. The molecule has 0 spiro atoms. The van der Waals surface area contributed by atoms with Crippen LogP contribution in [-0.4, -0.2) is 32.1 Å². The van der Waals surface area contributed by atoms with Gasteiger partial charge in [0.05, 0.1) is 21.9 Å². The van der Waals surface area contributed by atoms with E-state index in [9.17, 15) is 24.8 Å². The number of carbonyl (C=O) groups is 1. The van der Waals surface area contributed by atoms with Crippen molar-refractivity contribution in [2.24, 2.45) is 4.99 Å². The van der Waals surface area contributed by atoms with Gasteiger partial charge in [0.15, 0.2) is 0 Å². The largest absolute Gasteiger partial charge is 0.506 e. The third kappa shape index (κ3) is 4.51. The molecule has 0 saturated heterocycles. The Kier molecular flexibility index (Phi) is 5.77. The molecule has 2 amide bonds. The number of halogens is 1. The van der Waals surface area contributed by atoms with Gasteiger partial charge in [-0.2, -0.15) is 0 Å². The normalized spacial score (nSPS) is 11.0. The number of nitro groups is 1. The number of H-pyrrole nitrogens is 1. The minimum atomic E-state index is -0.901. The molecule has 3 rings (SSSR count). The maximum absolute atomic E-state index is 12.6. The zero-order valence-corrected chi connectivity index (χ0v) is 17.1. The van der Waals surface area contributed by atoms with Crippen molar-refractivity contribution in [3.63, 3.8) is 0 Å². The van der Waals surface area contributed by atoms with Crippen LogP contribution in [-0.2, 0) is 0 Å². The van der Waals surface area contributed by atoms with E-state index in [1.807, 2.05) is 12.1 Å². The van der Waals surface area contributed by atoms with Crippen molar-refractivity contribution in [2.45, 2.75) is 6.92 Å². The summed E-state index contributed by atoms with van der Waals surface area (Å²) in [4.78, 5) is 38.5. The molecule has 0 aliphatic carbocycles. The molecule has 0 radical (unpaired) electrons. The predicted molar refractivity (Wildman–Crippen MR) is 115 cm³/mol. The number of aryl methyl sites for hydroxylation is 1. The minimum absolute atomic E-state index is 0.163. The summed E-state index contributed by atoms with van der Waals surface area (Å²) in [6, 6.07) is 9.56. The van der Waals surface area contributed by atoms with Gasteiger partial charge in [0.25, 0.3) is 11.2 Å². The molecule has 148 valence electrons. The zero-order chi connectivity index (χ0) is 21.1. The second kappa shape index (κ2) is 8.26. The van der Waals surface area contributed by atoms with E-state index in [4.69, 9.17) is 0 Å². The molecular weight excluding hydrogens is 493 g/mol. The summed E-state index contributed by atoms with van der Waals surface area (Å²) in [5, 5.41) is 25.7. The lowest BCUT2D eigenvalue weighted by molar-refractivity contribution is -0.384. The lowest BCUT2D eigenvalue weighted by atomic mass is 10.2. The van der Waals surface area contributed by atoms with Gasteiger partial charge in [-0.05, 0) is 59.8 Å². The van der Waals surface area contributed by atoms with Crippen molar-refractivity contribution in [3.05, 3.63) is 77.8 Å². The number of benzene rings is 2. The molecule has 1 aromatic heterocycles. The van der Waals surface area contributed by atoms with Crippen LogP contribution in [0, 0.1) is 20.6 Å². The Morgan fingerprint density at radius 2 is 2.00 bits per heavy atom. The van der Waals surface area contributed by atoms with Crippen LogP contribution in [0.25, 0.3) is 5.69 Å². The summed E-state index contributed by atoms with van der Waals surface area (Å²) >= 11 is 2.16. The number of phenols is 1.